The minimum atomic E-state index is -2.52. The van der Waals surface area contributed by atoms with Gasteiger partial charge >= 0.3 is 0 Å². The van der Waals surface area contributed by atoms with Crippen molar-refractivity contribution in [2.24, 2.45) is 0 Å². The van der Waals surface area contributed by atoms with Crippen LogP contribution in [0.15, 0.2) is 97.1 Å². The number of benzene rings is 3. The molecular formula is C25H27ClOSi. The maximum absolute atomic E-state index is 6.84. The lowest BCUT2D eigenvalue weighted by Gasteiger charge is -2.42. The number of rotatable bonds is 6. The summed E-state index contributed by atoms with van der Waals surface area (Å²) >= 11 is 6.54. The summed E-state index contributed by atoms with van der Waals surface area (Å²) < 4.78 is 6.84. The first-order valence-corrected chi connectivity index (χ1v) is 11.9. The molecule has 0 radical (unpaired) electrons. The Labute approximate surface area is 174 Å². The van der Waals surface area contributed by atoms with Gasteiger partial charge < -0.3 is 4.43 Å². The molecule has 0 atom stereocenters. The smallest absolute Gasteiger partial charge is 0.261 e. The minimum absolute atomic E-state index is 0.0389. The van der Waals surface area contributed by atoms with Crippen LogP contribution in [0.2, 0.25) is 5.04 Å². The predicted octanol–water partition coefficient (Wildman–Crippen LogP) is 5.84. The third-order valence-corrected chi connectivity index (χ3v) is 10.4. The van der Waals surface area contributed by atoms with Gasteiger partial charge in [-0.2, -0.15) is 0 Å². The van der Waals surface area contributed by atoms with Crippen molar-refractivity contribution in [3.8, 4) is 0 Å². The maximum Gasteiger partial charge on any atom is 0.261 e. The Hall–Kier alpha value is -2.13. The summed E-state index contributed by atoms with van der Waals surface area (Å²) in [5.41, 5.74) is 1.01. The Morgan fingerprint density at radius 3 is 1.64 bits per heavy atom. The molecule has 0 bridgehead atoms. The van der Waals surface area contributed by atoms with Crippen molar-refractivity contribution in [1.82, 2.24) is 0 Å². The van der Waals surface area contributed by atoms with Gasteiger partial charge in [0, 0.05) is 5.03 Å². The second kappa shape index (κ2) is 8.91. The van der Waals surface area contributed by atoms with Crippen molar-refractivity contribution >= 4 is 35.3 Å². The Morgan fingerprint density at radius 1 is 0.786 bits per heavy atom. The Balaban J connectivity index is 2.02. The molecule has 144 valence electrons. The van der Waals surface area contributed by atoms with Crippen LogP contribution in [0.4, 0.5) is 0 Å². The van der Waals surface area contributed by atoms with Crippen molar-refractivity contribution < 1.29 is 4.43 Å². The van der Waals surface area contributed by atoms with Gasteiger partial charge in [-0.25, -0.2) is 0 Å². The van der Waals surface area contributed by atoms with Crippen LogP contribution in [0.3, 0.4) is 0 Å². The topological polar surface area (TPSA) is 9.23 Å². The fraction of sp³-hybridized carbons (Fsp3) is 0.200. The summed E-state index contributed by atoms with van der Waals surface area (Å²) in [4.78, 5) is 0. The molecule has 3 aromatic rings. The van der Waals surface area contributed by atoms with Crippen molar-refractivity contribution in [2.45, 2.75) is 25.8 Å². The van der Waals surface area contributed by atoms with E-state index < -0.39 is 8.32 Å². The second-order valence-electron chi connectivity index (χ2n) is 7.89. The molecular weight excluding hydrogens is 380 g/mol. The monoisotopic (exact) mass is 406 g/mol. The summed E-state index contributed by atoms with van der Waals surface area (Å²) in [7, 11) is -2.52. The summed E-state index contributed by atoms with van der Waals surface area (Å²) in [5, 5.41) is 3.23. The van der Waals surface area contributed by atoms with E-state index in [9.17, 15) is 0 Å². The van der Waals surface area contributed by atoms with E-state index in [1.54, 1.807) is 0 Å². The van der Waals surface area contributed by atoms with Crippen molar-refractivity contribution in [3.05, 3.63) is 103 Å². The average molecular weight is 407 g/mol. The van der Waals surface area contributed by atoms with Crippen molar-refractivity contribution in [1.29, 1.82) is 0 Å². The van der Waals surface area contributed by atoms with Gasteiger partial charge in [-0.3, -0.25) is 0 Å². The van der Waals surface area contributed by atoms with E-state index in [1.165, 1.54) is 10.4 Å². The van der Waals surface area contributed by atoms with Crippen LogP contribution in [0, 0.1) is 0 Å². The zero-order valence-corrected chi connectivity index (χ0v) is 18.5. The molecule has 1 nitrogen and oxygen atoms in total. The van der Waals surface area contributed by atoms with Gasteiger partial charge in [0.15, 0.2) is 0 Å². The van der Waals surface area contributed by atoms with E-state index in [0.29, 0.717) is 6.61 Å². The van der Waals surface area contributed by atoms with E-state index in [-0.39, 0.29) is 5.04 Å². The molecule has 0 aliphatic heterocycles. The first kappa shape index (κ1) is 20.6. The normalized spacial score (nSPS) is 12.8. The standard InChI is InChI=1S/C25H27ClOSi/c1-25(2,3)28(22-15-9-5-10-16-22,23-17-11-6-12-18-23)27-20-19-24(26)21-13-7-4-8-14-21/h4-19H,20H2,1-3H3/b24-19-. The van der Waals surface area contributed by atoms with Gasteiger partial charge in [-0.1, -0.05) is 123 Å². The van der Waals surface area contributed by atoms with Crippen molar-refractivity contribution in [2.75, 3.05) is 6.61 Å². The van der Waals surface area contributed by atoms with E-state index in [2.05, 4.69) is 81.4 Å². The van der Waals surface area contributed by atoms with Crippen molar-refractivity contribution in [3.63, 3.8) is 0 Å². The lowest BCUT2D eigenvalue weighted by Crippen LogP contribution is -2.66. The molecule has 0 saturated carbocycles. The Morgan fingerprint density at radius 2 is 1.21 bits per heavy atom. The van der Waals surface area contributed by atoms with Gasteiger partial charge in [-0.15, -0.1) is 0 Å². The van der Waals surface area contributed by atoms with E-state index in [0.717, 1.165) is 10.6 Å². The highest BCUT2D eigenvalue weighted by Gasteiger charge is 2.49. The molecule has 0 aromatic heterocycles. The molecule has 0 fully saturated rings. The minimum Gasteiger partial charge on any atom is -0.404 e. The van der Waals surface area contributed by atoms with Crippen LogP contribution in [0.5, 0.6) is 0 Å². The average Bonchev–Trinajstić information content (AvgIpc) is 2.72. The lowest BCUT2D eigenvalue weighted by atomic mass is 10.2. The summed E-state index contributed by atoms with van der Waals surface area (Å²) in [5.74, 6) is 0. The van der Waals surface area contributed by atoms with E-state index in [1.807, 2.05) is 36.4 Å². The van der Waals surface area contributed by atoms with Gasteiger partial charge in [-0.05, 0) is 27.1 Å². The molecule has 28 heavy (non-hydrogen) atoms. The van der Waals surface area contributed by atoms with Crippen LogP contribution in [-0.4, -0.2) is 14.9 Å². The van der Waals surface area contributed by atoms with Crippen LogP contribution in [0.1, 0.15) is 26.3 Å². The molecule has 0 heterocycles. The highest BCUT2D eigenvalue weighted by Crippen LogP contribution is 2.36. The molecule has 3 rings (SSSR count). The lowest BCUT2D eigenvalue weighted by molar-refractivity contribution is 0.340. The van der Waals surface area contributed by atoms with Crippen LogP contribution in [0.25, 0.3) is 5.03 Å². The molecule has 0 amide bonds. The highest BCUT2D eigenvalue weighted by molar-refractivity contribution is 6.99. The number of hydrogen-bond donors (Lipinski definition) is 0. The zero-order chi connectivity index (χ0) is 20.0. The molecule has 0 spiro atoms. The maximum atomic E-state index is 6.84. The van der Waals surface area contributed by atoms with Crippen LogP contribution >= 0.6 is 11.6 Å². The van der Waals surface area contributed by atoms with Crippen LogP contribution < -0.4 is 10.4 Å². The predicted molar refractivity (Wildman–Crippen MR) is 124 cm³/mol. The van der Waals surface area contributed by atoms with Gasteiger partial charge in [0.25, 0.3) is 8.32 Å². The Bertz CT molecular complexity index is 860. The quantitative estimate of drug-likeness (QED) is 0.467. The van der Waals surface area contributed by atoms with E-state index in [4.69, 9.17) is 16.0 Å². The molecule has 0 N–H and O–H groups in total. The molecule has 0 aliphatic carbocycles. The third-order valence-electron chi connectivity index (χ3n) is 5.03. The summed E-state index contributed by atoms with van der Waals surface area (Å²) in [6, 6.07) is 31.3. The van der Waals surface area contributed by atoms with Gasteiger partial charge in [0.2, 0.25) is 0 Å². The number of halogens is 1. The largest absolute Gasteiger partial charge is 0.404 e. The third kappa shape index (κ3) is 4.30. The molecule has 3 heteroatoms. The van der Waals surface area contributed by atoms with Crippen LogP contribution in [-0.2, 0) is 4.43 Å². The molecule has 3 aromatic carbocycles. The zero-order valence-electron chi connectivity index (χ0n) is 16.7. The molecule has 0 unspecified atom stereocenters. The second-order valence-corrected chi connectivity index (χ2v) is 12.6. The SMILES string of the molecule is CC(C)(C)[Si](OC/C=C(\Cl)c1ccccc1)(c1ccccc1)c1ccccc1. The fourth-order valence-electron chi connectivity index (χ4n) is 3.72. The Kier molecular flexibility index (Phi) is 6.56. The van der Waals surface area contributed by atoms with Gasteiger partial charge in [0.05, 0.1) is 6.61 Å². The fourth-order valence-corrected chi connectivity index (χ4v) is 8.39. The first-order chi connectivity index (χ1) is 13.4. The molecule has 0 aliphatic rings. The first-order valence-electron chi connectivity index (χ1n) is 9.61. The summed E-state index contributed by atoms with van der Waals surface area (Å²) in [6.45, 7) is 7.31. The highest BCUT2D eigenvalue weighted by atomic mass is 35.5. The number of hydrogen-bond acceptors (Lipinski definition) is 1. The summed E-state index contributed by atoms with van der Waals surface area (Å²) in [6.07, 6.45) is 1.98. The van der Waals surface area contributed by atoms with Gasteiger partial charge in [0.1, 0.15) is 0 Å². The van der Waals surface area contributed by atoms with E-state index >= 15 is 0 Å². The molecule has 0 saturated heterocycles.